The van der Waals surface area contributed by atoms with Gasteiger partial charge in [0, 0.05) is 11.1 Å². The Labute approximate surface area is 160 Å². The number of carbonyl (C=O) groups is 1. The summed E-state index contributed by atoms with van der Waals surface area (Å²) in [5.41, 5.74) is 0.919. The van der Waals surface area contributed by atoms with Crippen molar-refractivity contribution in [2.45, 2.75) is 0 Å². The summed E-state index contributed by atoms with van der Waals surface area (Å²) < 4.78 is 44.7. The zero-order valence-corrected chi connectivity index (χ0v) is 14.8. The van der Waals surface area contributed by atoms with Crippen molar-refractivity contribution in [1.82, 2.24) is 10.1 Å². The van der Waals surface area contributed by atoms with Crippen LogP contribution in [0.25, 0.3) is 22.2 Å². The van der Waals surface area contributed by atoms with Crippen molar-refractivity contribution in [1.29, 1.82) is 0 Å². The highest BCUT2D eigenvalue weighted by Gasteiger charge is 2.18. The van der Waals surface area contributed by atoms with Gasteiger partial charge in [0.15, 0.2) is 11.6 Å². The Balaban J connectivity index is 1.58. The highest BCUT2D eigenvalue weighted by Crippen LogP contribution is 2.34. The number of halogens is 3. The molecule has 1 N–H and O–H groups in total. The first kappa shape index (κ1) is 17.9. The maximum Gasteiger partial charge on any atom is 0.270 e. The molecule has 0 spiro atoms. The molecule has 140 valence electrons. The van der Waals surface area contributed by atoms with Crippen molar-refractivity contribution in [3.63, 3.8) is 0 Å². The van der Waals surface area contributed by atoms with Gasteiger partial charge < -0.3 is 9.84 Å². The third-order valence-electron chi connectivity index (χ3n) is 3.82. The lowest BCUT2D eigenvalue weighted by Gasteiger charge is -2.05. The van der Waals surface area contributed by atoms with E-state index in [1.807, 2.05) is 0 Å². The van der Waals surface area contributed by atoms with E-state index in [-0.39, 0.29) is 23.1 Å². The van der Waals surface area contributed by atoms with E-state index in [4.69, 9.17) is 4.52 Å². The summed E-state index contributed by atoms with van der Waals surface area (Å²) >= 11 is 1.25. The first-order valence-corrected chi connectivity index (χ1v) is 8.83. The molecule has 5 nitrogen and oxygen atoms in total. The number of amides is 1. The van der Waals surface area contributed by atoms with E-state index < -0.39 is 17.5 Å². The molecule has 0 unspecified atom stereocenters. The van der Waals surface area contributed by atoms with Gasteiger partial charge in [0.05, 0.1) is 5.69 Å². The van der Waals surface area contributed by atoms with E-state index in [1.54, 1.807) is 11.4 Å². The van der Waals surface area contributed by atoms with Gasteiger partial charge in [0.1, 0.15) is 10.7 Å². The number of thiophene rings is 1. The number of hydrogen-bond acceptors (Lipinski definition) is 5. The highest BCUT2D eigenvalue weighted by molar-refractivity contribution is 7.14. The number of rotatable bonds is 4. The van der Waals surface area contributed by atoms with Gasteiger partial charge in [-0.05, 0) is 53.9 Å². The van der Waals surface area contributed by atoms with E-state index in [0.29, 0.717) is 16.1 Å². The summed E-state index contributed by atoms with van der Waals surface area (Å²) in [6.45, 7) is 0. The Morgan fingerprint density at radius 1 is 1.00 bits per heavy atom. The minimum Gasteiger partial charge on any atom is -0.333 e. The molecule has 0 saturated carbocycles. The fourth-order valence-corrected chi connectivity index (χ4v) is 3.21. The number of anilines is 1. The van der Waals surface area contributed by atoms with Crippen molar-refractivity contribution in [2.24, 2.45) is 0 Å². The zero-order chi connectivity index (χ0) is 19.7. The van der Waals surface area contributed by atoms with Crippen LogP contribution in [-0.4, -0.2) is 16.0 Å². The Morgan fingerprint density at radius 2 is 1.79 bits per heavy atom. The quantitative estimate of drug-likeness (QED) is 0.515. The SMILES string of the molecule is O=C(Nc1ccsc1-c1nc(-c2ccc(F)cc2)no1)c1ccc(F)c(F)c1. The maximum atomic E-state index is 13.3. The predicted molar refractivity (Wildman–Crippen MR) is 97.3 cm³/mol. The van der Waals surface area contributed by atoms with Gasteiger partial charge in [0.25, 0.3) is 11.8 Å². The Morgan fingerprint density at radius 3 is 2.54 bits per heavy atom. The van der Waals surface area contributed by atoms with Gasteiger partial charge >= 0.3 is 0 Å². The Hall–Kier alpha value is -3.46. The van der Waals surface area contributed by atoms with Crippen LogP contribution in [0.1, 0.15) is 10.4 Å². The van der Waals surface area contributed by atoms with Crippen LogP contribution in [0.15, 0.2) is 58.4 Å². The molecule has 0 aliphatic heterocycles. The van der Waals surface area contributed by atoms with E-state index >= 15 is 0 Å². The molecule has 4 aromatic rings. The number of benzene rings is 2. The summed E-state index contributed by atoms with van der Waals surface area (Å²) in [5, 5.41) is 8.19. The number of nitrogens with one attached hydrogen (secondary N) is 1. The fourth-order valence-electron chi connectivity index (χ4n) is 2.44. The molecular formula is C19H10F3N3O2S. The number of nitrogens with zero attached hydrogens (tertiary/aromatic N) is 2. The summed E-state index contributed by atoms with van der Waals surface area (Å²) in [7, 11) is 0. The summed E-state index contributed by atoms with van der Waals surface area (Å²) in [4.78, 5) is 17.1. The molecule has 1 amide bonds. The van der Waals surface area contributed by atoms with Gasteiger partial charge in [-0.25, -0.2) is 13.2 Å². The van der Waals surface area contributed by atoms with Crippen LogP contribution < -0.4 is 5.32 Å². The monoisotopic (exact) mass is 401 g/mol. The minimum atomic E-state index is -1.11. The van der Waals surface area contributed by atoms with Crippen LogP contribution in [0.3, 0.4) is 0 Å². The van der Waals surface area contributed by atoms with Crippen molar-refractivity contribution >= 4 is 22.9 Å². The second-order valence-electron chi connectivity index (χ2n) is 5.68. The van der Waals surface area contributed by atoms with Gasteiger partial charge in [-0.3, -0.25) is 4.79 Å². The maximum absolute atomic E-state index is 13.3. The van der Waals surface area contributed by atoms with Crippen LogP contribution in [0, 0.1) is 17.5 Å². The largest absolute Gasteiger partial charge is 0.333 e. The second kappa shape index (κ2) is 7.28. The Kier molecular flexibility index (Phi) is 4.66. The molecule has 0 fully saturated rings. The topological polar surface area (TPSA) is 68.0 Å². The zero-order valence-electron chi connectivity index (χ0n) is 13.9. The Bertz CT molecular complexity index is 1160. The van der Waals surface area contributed by atoms with Crippen LogP contribution in [0.4, 0.5) is 18.9 Å². The predicted octanol–water partition coefficient (Wildman–Crippen LogP) is 5.13. The van der Waals surface area contributed by atoms with Gasteiger partial charge in [-0.2, -0.15) is 4.98 Å². The average molecular weight is 401 g/mol. The smallest absolute Gasteiger partial charge is 0.270 e. The van der Waals surface area contributed by atoms with Crippen LogP contribution >= 0.6 is 11.3 Å². The minimum absolute atomic E-state index is 0.0337. The first-order chi connectivity index (χ1) is 13.5. The average Bonchev–Trinajstić information content (AvgIpc) is 3.34. The van der Waals surface area contributed by atoms with Crippen LogP contribution in [0.5, 0.6) is 0 Å². The number of hydrogen-bond donors (Lipinski definition) is 1. The normalized spacial score (nSPS) is 10.8. The first-order valence-electron chi connectivity index (χ1n) is 7.95. The molecule has 2 heterocycles. The molecule has 0 aliphatic carbocycles. The van der Waals surface area contributed by atoms with Gasteiger partial charge in [0.2, 0.25) is 5.82 Å². The van der Waals surface area contributed by atoms with Crippen molar-refractivity contribution < 1.29 is 22.5 Å². The molecule has 2 aromatic carbocycles. The number of carbonyl (C=O) groups excluding carboxylic acids is 1. The number of aromatic nitrogens is 2. The molecule has 0 bridgehead atoms. The molecular weight excluding hydrogens is 391 g/mol. The lowest BCUT2D eigenvalue weighted by Crippen LogP contribution is -2.12. The molecule has 9 heteroatoms. The fraction of sp³-hybridized carbons (Fsp3) is 0. The molecule has 2 aromatic heterocycles. The van der Waals surface area contributed by atoms with E-state index in [0.717, 1.165) is 12.1 Å². The third-order valence-corrected chi connectivity index (χ3v) is 4.72. The van der Waals surface area contributed by atoms with E-state index in [1.165, 1.54) is 41.7 Å². The molecule has 0 saturated heterocycles. The van der Waals surface area contributed by atoms with E-state index in [9.17, 15) is 18.0 Å². The second-order valence-corrected chi connectivity index (χ2v) is 6.59. The summed E-state index contributed by atoms with van der Waals surface area (Å²) in [6.07, 6.45) is 0. The van der Waals surface area contributed by atoms with Crippen molar-refractivity contribution in [2.75, 3.05) is 5.32 Å². The van der Waals surface area contributed by atoms with Crippen molar-refractivity contribution in [3.8, 4) is 22.2 Å². The molecule has 0 atom stereocenters. The molecule has 0 radical (unpaired) electrons. The summed E-state index contributed by atoms with van der Waals surface area (Å²) in [6, 6.07) is 10.1. The highest BCUT2D eigenvalue weighted by atomic mass is 32.1. The van der Waals surface area contributed by atoms with Gasteiger partial charge in [-0.1, -0.05) is 5.16 Å². The van der Waals surface area contributed by atoms with Gasteiger partial charge in [-0.15, -0.1) is 11.3 Å². The lowest BCUT2D eigenvalue weighted by molar-refractivity contribution is 0.102. The van der Waals surface area contributed by atoms with Crippen LogP contribution in [0.2, 0.25) is 0 Å². The molecule has 0 aliphatic rings. The van der Waals surface area contributed by atoms with Crippen LogP contribution in [-0.2, 0) is 0 Å². The van der Waals surface area contributed by atoms with E-state index in [2.05, 4.69) is 15.5 Å². The summed E-state index contributed by atoms with van der Waals surface area (Å²) in [5.74, 6) is -2.72. The molecule has 4 rings (SSSR count). The lowest BCUT2D eigenvalue weighted by atomic mass is 10.2. The third kappa shape index (κ3) is 3.52. The van der Waals surface area contributed by atoms with Crippen molar-refractivity contribution in [3.05, 3.63) is 76.9 Å². The molecule has 28 heavy (non-hydrogen) atoms. The standard InChI is InChI=1S/C19H10F3N3O2S/c20-12-4-1-10(2-5-12)17-24-19(27-25-17)16-15(7-8-28-16)23-18(26)11-3-6-13(21)14(22)9-11/h1-9H,(H,23,26).